The first-order chi connectivity index (χ1) is 5.25. The van der Waals surface area contributed by atoms with Gasteiger partial charge in [-0.15, -0.1) is 0 Å². The minimum atomic E-state index is -0.612. The third-order valence-corrected chi connectivity index (χ3v) is 1.31. The molecule has 0 atom stereocenters. The molecule has 0 fully saturated rings. The van der Waals surface area contributed by atoms with Crippen LogP contribution in [0.25, 0.3) is 0 Å². The minimum Gasteiger partial charge on any atom is -0.207 e. The van der Waals surface area contributed by atoms with Gasteiger partial charge in [-0.05, 0) is 17.2 Å². The Hall–Kier alpha value is -1.32. The molecule has 0 spiro atoms. The summed E-state index contributed by atoms with van der Waals surface area (Å²) < 4.78 is 25.4. The topological polar surface area (TPSA) is 38.0 Å². The lowest BCUT2D eigenvalue weighted by Gasteiger charge is -1.96. The summed E-state index contributed by atoms with van der Waals surface area (Å²) in [6.07, 6.45) is 0. The normalized spacial score (nSPS) is 9.64. The summed E-state index contributed by atoms with van der Waals surface area (Å²) in [5.74, 6) is -1.22. The van der Waals surface area contributed by atoms with Crippen molar-refractivity contribution >= 4 is 0 Å². The molecule has 58 valence electrons. The van der Waals surface area contributed by atoms with E-state index in [0.29, 0.717) is 0 Å². The Kier molecular flexibility index (Phi) is 2.25. The third kappa shape index (κ3) is 1.58. The predicted octanol–water partition coefficient (Wildman–Crippen LogP) is 0.676. The molecule has 0 bridgehead atoms. The highest BCUT2D eigenvalue weighted by Crippen LogP contribution is 2.11. The second kappa shape index (κ2) is 3.18. The zero-order valence-electron chi connectivity index (χ0n) is 5.72. The number of hydrogen-bond acceptors (Lipinski definition) is 1. The van der Waals surface area contributed by atoms with Crippen LogP contribution in [-0.4, -0.2) is 0 Å². The van der Waals surface area contributed by atoms with Crippen molar-refractivity contribution in [2.75, 3.05) is 0 Å². The van der Waals surface area contributed by atoms with Crippen molar-refractivity contribution in [2.45, 2.75) is 6.54 Å². The van der Waals surface area contributed by atoms with Gasteiger partial charge in [0.15, 0.2) is 0 Å². The van der Waals surface area contributed by atoms with Crippen LogP contribution in [0.15, 0.2) is 23.3 Å². The van der Waals surface area contributed by atoms with E-state index in [0.717, 1.165) is 0 Å². The van der Waals surface area contributed by atoms with Crippen molar-refractivity contribution in [3.8, 4) is 0 Å². The molecular formula is C7H7F2N2+. The van der Waals surface area contributed by atoms with E-state index in [2.05, 4.69) is 5.11 Å². The fraction of sp³-hybridized carbons (Fsp3) is 0.143. The Morgan fingerprint density at radius 2 is 1.82 bits per heavy atom. The monoisotopic (exact) mass is 157 g/mol. The lowest BCUT2D eigenvalue weighted by atomic mass is 10.2. The van der Waals surface area contributed by atoms with Gasteiger partial charge in [-0.2, -0.15) is 5.53 Å². The van der Waals surface area contributed by atoms with E-state index in [-0.39, 0.29) is 12.1 Å². The van der Waals surface area contributed by atoms with Gasteiger partial charge in [0.25, 0.3) is 0 Å². The Balaban J connectivity index is 3.09. The maximum atomic E-state index is 12.7. The van der Waals surface area contributed by atoms with Crippen LogP contribution in [0.5, 0.6) is 0 Å². The largest absolute Gasteiger partial charge is 0.207 e. The van der Waals surface area contributed by atoms with E-state index in [1.807, 2.05) is 0 Å². The first-order valence-corrected chi connectivity index (χ1v) is 3.05. The molecule has 0 aliphatic rings. The molecule has 1 rings (SSSR count). The Bertz CT molecular complexity index is 253. The van der Waals surface area contributed by atoms with E-state index >= 15 is 0 Å². The maximum Gasteiger partial charge on any atom is 0.132 e. The van der Waals surface area contributed by atoms with E-state index in [1.165, 1.54) is 18.2 Å². The SMILES string of the molecule is [NH2+]=NCc1c(F)cccc1F. The van der Waals surface area contributed by atoms with Crippen molar-refractivity contribution in [2.24, 2.45) is 5.11 Å². The lowest BCUT2D eigenvalue weighted by Crippen LogP contribution is -2.23. The molecule has 0 unspecified atom stereocenters. The minimum absolute atomic E-state index is 0.0880. The van der Waals surface area contributed by atoms with Gasteiger partial charge in [-0.1, -0.05) is 6.07 Å². The van der Waals surface area contributed by atoms with Crippen LogP contribution in [0, 0.1) is 11.6 Å². The zero-order chi connectivity index (χ0) is 8.27. The van der Waals surface area contributed by atoms with Gasteiger partial charge < -0.3 is 0 Å². The summed E-state index contributed by atoms with van der Waals surface area (Å²) in [5.41, 5.74) is 4.70. The van der Waals surface area contributed by atoms with Crippen LogP contribution in [0.4, 0.5) is 8.78 Å². The van der Waals surface area contributed by atoms with E-state index < -0.39 is 11.6 Å². The van der Waals surface area contributed by atoms with Gasteiger partial charge in [0.1, 0.15) is 18.2 Å². The van der Waals surface area contributed by atoms with Gasteiger partial charge in [-0.3, -0.25) is 0 Å². The van der Waals surface area contributed by atoms with Crippen LogP contribution in [-0.2, 0) is 6.54 Å². The summed E-state index contributed by atoms with van der Waals surface area (Å²) in [7, 11) is 0. The van der Waals surface area contributed by atoms with Crippen LogP contribution in [0.2, 0.25) is 0 Å². The molecular weight excluding hydrogens is 150 g/mol. The van der Waals surface area contributed by atoms with Gasteiger partial charge in [0, 0.05) is 0 Å². The molecule has 0 amide bonds. The molecule has 0 aromatic heterocycles. The quantitative estimate of drug-likeness (QED) is 0.613. The molecule has 0 saturated heterocycles. The first-order valence-electron chi connectivity index (χ1n) is 3.05. The highest BCUT2D eigenvalue weighted by molar-refractivity contribution is 5.19. The van der Waals surface area contributed by atoms with Gasteiger partial charge in [-0.25, -0.2) is 8.78 Å². The third-order valence-electron chi connectivity index (χ3n) is 1.31. The van der Waals surface area contributed by atoms with Crippen LogP contribution in [0.3, 0.4) is 0 Å². The fourth-order valence-corrected chi connectivity index (χ4v) is 0.775. The molecule has 2 N–H and O–H groups in total. The summed E-state index contributed by atoms with van der Waals surface area (Å²) >= 11 is 0. The molecule has 0 heterocycles. The zero-order valence-corrected chi connectivity index (χ0v) is 5.72. The summed E-state index contributed by atoms with van der Waals surface area (Å²) in [4.78, 5) is 0. The van der Waals surface area contributed by atoms with Crippen LogP contribution < -0.4 is 5.53 Å². The number of nitrogens with zero attached hydrogens (tertiary/aromatic N) is 1. The maximum absolute atomic E-state index is 12.7. The van der Waals surface area contributed by atoms with Crippen LogP contribution in [0.1, 0.15) is 5.56 Å². The highest BCUT2D eigenvalue weighted by Gasteiger charge is 2.07. The average molecular weight is 157 g/mol. The van der Waals surface area contributed by atoms with Gasteiger partial charge in [0.2, 0.25) is 0 Å². The number of halogens is 2. The molecule has 1 aromatic carbocycles. The van der Waals surface area contributed by atoms with Crippen molar-refractivity contribution < 1.29 is 14.3 Å². The Morgan fingerprint density at radius 3 is 2.27 bits per heavy atom. The molecule has 2 nitrogen and oxygen atoms in total. The fourth-order valence-electron chi connectivity index (χ4n) is 0.775. The molecule has 0 aliphatic heterocycles. The number of rotatable bonds is 2. The second-order valence-corrected chi connectivity index (χ2v) is 2.04. The Labute approximate surface area is 62.4 Å². The van der Waals surface area contributed by atoms with Crippen molar-refractivity contribution in [3.05, 3.63) is 35.4 Å². The smallest absolute Gasteiger partial charge is 0.132 e. The molecule has 11 heavy (non-hydrogen) atoms. The van der Waals surface area contributed by atoms with Gasteiger partial charge >= 0.3 is 0 Å². The van der Waals surface area contributed by atoms with E-state index in [4.69, 9.17) is 5.53 Å². The Morgan fingerprint density at radius 1 is 1.27 bits per heavy atom. The number of nitrogens with two attached hydrogens (primary N) is 1. The number of benzene rings is 1. The van der Waals surface area contributed by atoms with E-state index in [9.17, 15) is 8.78 Å². The summed E-state index contributed by atoms with van der Waals surface area (Å²) in [6.45, 7) is -0.126. The molecule has 0 aliphatic carbocycles. The van der Waals surface area contributed by atoms with Crippen molar-refractivity contribution in [1.82, 2.24) is 0 Å². The molecule has 4 heteroatoms. The number of hydrogen-bond donors (Lipinski definition) is 1. The lowest BCUT2D eigenvalue weighted by molar-refractivity contribution is -0.224. The van der Waals surface area contributed by atoms with Crippen molar-refractivity contribution in [3.63, 3.8) is 0 Å². The van der Waals surface area contributed by atoms with Gasteiger partial charge in [0.05, 0.1) is 5.56 Å². The molecule has 1 aromatic rings. The first kappa shape index (κ1) is 7.78. The standard InChI is InChI=1S/C7H6F2N2/c8-6-2-1-3-7(9)5(6)4-11-10/h1-3,10H,4H2/p+1. The molecule has 0 saturated carbocycles. The molecule has 0 radical (unpaired) electrons. The van der Waals surface area contributed by atoms with Crippen LogP contribution >= 0.6 is 0 Å². The van der Waals surface area contributed by atoms with Crippen molar-refractivity contribution in [1.29, 1.82) is 0 Å². The second-order valence-electron chi connectivity index (χ2n) is 2.04. The summed E-state index contributed by atoms with van der Waals surface area (Å²) in [6, 6.07) is 3.64. The van der Waals surface area contributed by atoms with E-state index in [1.54, 1.807) is 0 Å². The summed E-state index contributed by atoms with van der Waals surface area (Å²) in [5, 5.41) is 3.15. The predicted molar refractivity (Wildman–Crippen MR) is 34.4 cm³/mol. The highest BCUT2D eigenvalue weighted by atomic mass is 19.1. The average Bonchev–Trinajstić information content (AvgIpc) is 1.97.